The molecule has 1 saturated heterocycles. The van der Waals surface area contributed by atoms with Crippen molar-refractivity contribution in [2.24, 2.45) is 0 Å². The van der Waals surface area contributed by atoms with Gasteiger partial charge in [0.25, 0.3) is 5.91 Å². The lowest BCUT2D eigenvalue weighted by Gasteiger charge is -2.51. The Bertz CT molecular complexity index is 1570. The van der Waals surface area contributed by atoms with Crippen LogP contribution in [0.1, 0.15) is 44.9 Å². The van der Waals surface area contributed by atoms with Crippen LogP contribution in [0.2, 0.25) is 0 Å². The Hall–Kier alpha value is -4.37. The molecule has 2 N–H and O–H groups in total. The second kappa shape index (κ2) is 15.0. The molecule has 13 nitrogen and oxygen atoms in total. The number of amides is 3. The molecule has 0 aromatic heterocycles. The van der Waals surface area contributed by atoms with Crippen LogP contribution in [0, 0.1) is 0 Å². The summed E-state index contributed by atoms with van der Waals surface area (Å²) in [6.45, 7) is 5.67. The van der Waals surface area contributed by atoms with Crippen LogP contribution in [-0.4, -0.2) is 80.5 Å². The van der Waals surface area contributed by atoms with Crippen molar-refractivity contribution in [2.45, 2.75) is 61.9 Å². The Balaban J connectivity index is 1.62. The van der Waals surface area contributed by atoms with Gasteiger partial charge < -0.3 is 29.6 Å². The van der Waals surface area contributed by atoms with Crippen molar-refractivity contribution < 1.29 is 47.1 Å². The standard InChI is InChI=1S/C32H37N3O10S2/c1-18(36)43-17-22-25(29(39)44-16-19-12-14-21(42-5)15-13-19)35-27(38)24(28(35)47(41)30(22)46-6)33-26(37)23(20-10-8-7-9-11-20)34-31(40)45-32(2,3)4/h7-15,23-24,28,30H,16-17H2,1-6H3,(H,33,37)(H,34,40)/t23?,24-,28-,30?,47?/m1/s1. The van der Waals surface area contributed by atoms with E-state index in [1.54, 1.807) is 81.6 Å². The second-order valence-corrected chi connectivity index (χ2v) is 14.4. The van der Waals surface area contributed by atoms with E-state index < -0.39 is 74.9 Å². The van der Waals surface area contributed by atoms with E-state index in [-0.39, 0.29) is 17.9 Å². The molecule has 1 fully saturated rings. The predicted octanol–water partition coefficient (Wildman–Crippen LogP) is 2.93. The van der Waals surface area contributed by atoms with Crippen molar-refractivity contribution in [1.29, 1.82) is 0 Å². The minimum Gasteiger partial charge on any atom is -0.497 e. The minimum atomic E-state index is -1.87. The zero-order chi connectivity index (χ0) is 34.5. The number of hydrogen-bond donors (Lipinski definition) is 2. The third-order valence-corrected chi connectivity index (χ3v) is 10.6. The zero-order valence-corrected chi connectivity index (χ0v) is 28.4. The Morgan fingerprint density at radius 3 is 2.23 bits per heavy atom. The van der Waals surface area contributed by atoms with Crippen LogP contribution >= 0.6 is 11.8 Å². The van der Waals surface area contributed by atoms with Crippen molar-refractivity contribution >= 4 is 52.4 Å². The Kier molecular flexibility index (Phi) is 11.3. The molecular weight excluding hydrogens is 650 g/mol. The summed E-state index contributed by atoms with van der Waals surface area (Å²) >= 11 is 1.14. The highest BCUT2D eigenvalue weighted by molar-refractivity contribution is 8.11. The van der Waals surface area contributed by atoms with Gasteiger partial charge >= 0.3 is 18.0 Å². The summed E-state index contributed by atoms with van der Waals surface area (Å²) in [4.78, 5) is 66.4. The first-order valence-corrected chi connectivity index (χ1v) is 17.1. The van der Waals surface area contributed by atoms with Gasteiger partial charge in [0.1, 0.15) is 52.3 Å². The maximum Gasteiger partial charge on any atom is 0.408 e. The van der Waals surface area contributed by atoms with Crippen molar-refractivity contribution in [3.8, 4) is 5.75 Å². The number of β-lactam (4-membered cyclic amide) rings is 1. The SMILES string of the molecule is COc1ccc(COC(=O)C2=C(COC(C)=O)C(SC)S(=O)[C@@H]3[C@H](NC(=O)C(NC(=O)OC(C)(C)C)c4ccccc4)C(=O)N23)cc1. The summed E-state index contributed by atoms with van der Waals surface area (Å²) < 4.78 is 34.3. The van der Waals surface area contributed by atoms with Crippen molar-refractivity contribution in [2.75, 3.05) is 20.0 Å². The molecule has 0 spiro atoms. The molecular formula is C32H37N3O10S2. The molecule has 5 atom stereocenters. The smallest absolute Gasteiger partial charge is 0.408 e. The van der Waals surface area contributed by atoms with E-state index in [2.05, 4.69) is 10.6 Å². The lowest BCUT2D eigenvalue weighted by molar-refractivity contribution is -0.154. The lowest BCUT2D eigenvalue weighted by Crippen LogP contribution is -2.75. The number of carbonyl (C=O) groups is 5. The van der Waals surface area contributed by atoms with Crippen molar-refractivity contribution in [1.82, 2.24) is 15.5 Å². The number of nitrogens with one attached hydrogen (secondary N) is 2. The number of methoxy groups -OCH3 is 1. The highest BCUT2D eigenvalue weighted by atomic mass is 32.2. The summed E-state index contributed by atoms with van der Waals surface area (Å²) in [6, 6.07) is 12.6. The first-order chi connectivity index (χ1) is 22.2. The summed E-state index contributed by atoms with van der Waals surface area (Å²) in [5.41, 5.74) is 0.160. The van der Waals surface area contributed by atoms with E-state index in [9.17, 15) is 28.2 Å². The normalized spacial score (nSPS) is 21.1. The fraction of sp³-hybridized carbons (Fsp3) is 0.406. The maximum absolute atomic E-state index is 13.9. The van der Waals surface area contributed by atoms with E-state index in [0.717, 1.165) is 16.7 Å². The van der Waals surface area contributed by atoms with E-state index >= 15 is 0 Å². The highest BCUT2D eigenvalue weighted by Crippen LogP contribution is 2.42. The van der Waals surface area contributed by atoms with Gasteiger partial charge in [0, 0.05) is 12.5 Å². The summed E-state index contributed by atoms with van der Waals surface area (Å²) in [7, 11) is -0.346. The number of nitrogens with zero attached hydrogens (tertiary/aromatic N) is 1. The Labute approximate surface area is 279 Å². The average Bonchev–Trinajstić information content (AvgIpc) is 3.03. The molecule has 2 aromatic carbocycles. The molecule has 2 aliphatic heterocycles. The number of fused-ring (bicyclic) bond motifs is 1. The summed E-state index contributed by atoms with van der Waals surface area (Å²) in [6.07, 6.45) is 0.808. The monoisotopic (exact) mass is 687 g/mol. The highest BCUT2D eigenvalue weighted by Gasteiger charge is 2.60. The molecule has 47 heavy (non-hydrogen) atoms. The summed E-state index contributed by atoms with van der Waals surface area (Å²) in [5.74, 6) is -2.40. The number of carbonyl (C=O) groups excluding carboxylic acids is 5. The number of alkyl carbamates (subject to hydrolysis) is 1. The third-order valence-electron chi connectivity index (χ3n) is 7.04. The number of ether oxygens (including phenoxy) is 4. The largest absolute Gasteiger partial charge is 0.497 e. The fourth-order valence-electron chi connectivity index (χ4n) is 4.93. The molecule has 0 saturated carbocycles. The fourth-order valence-corrected chi connectivity index (χ4v) is 8.08. The van der Waals surface area contributed by atoms with E-state index in [1.165, 1.54) is 14.0 Å². The molecule has 2 aliphatic rings. The second-order valence-electron chi connectivity index (χ2n) is 11.5. The van der Waals surface area contributed by atoms with Gasteiger partial charge in [-0.05, 0) is 50.3 Å². The van der Waals surface area contributed by atoms with Crippen LogP contribution in [0.3, 0.4) is 0 Å². The number of esters is 2. The molecule has 2 aromatic rings. The van der Waals surface area contributed by atoms with Crippen LogP contribution in [0.15, 0.2) is 65.9 Å². The first-order valence-electron chi connectivity index (χ1n) is 14.5. The molecule has 4 rings (SSSR count). The van der Waals surface area contributed by atoms with Crippen LogP contribution in [0.25, 0.3) is 0 Å². The average molecular weight is 688 g/mol. The maximum atomic E-state index is 13.9. The molecule has 252 valence electrons. The quantitative estimate of drug-likeness (QED) is 0.203. The van der Waals surface area contributed by atoms with Gasteiger partial charge in [-0.3, -0.25) is 23.5 Å². The van der Waals surface area contributed by atoms with Crippen LogP contribution in [-0.2, 0) is 50.8 Å². The Morgan fingerprint density at radius 2 is 1.66 bits per heavy atom. The molecule has 2 heterocycles. The van der Waals surface area contributed by atoms with Gasteiger partial charge in [-0.1, -0.05) is 42.5 Å². The van der Waals surface area contributed by atoms with Gasteiger partial charge in [-0.15, -0.1) is 11.8 Å². The number of rotatable bonds is 11. The van der Waals surface area contributed by atoms with E-state index in [4.69, 9.17) is 18.9 Å². The van der Waals surface area contributed by atoms with Gasteiger partial charge in [0.15, 0.2) is 0 Å². The topological polar surface area (TPSA) is 167 Å². The van der Waals surface area contributed by atoms with E-state index in [1.807, 2.05) is 0 Å². The first kappa shape index (κ1) is 35.5. The third kappa shape index (κ3) is 8.32. The van der Waals surface area contributed by atoms with Crippen molar-refractivity contribution in [3.05, 3.63) is 77.0 Å². The van der Waals surface area contributed by atoms with Crippen molar-refractivity contribution in [3.63, 3.8) is 0 Å². The predicted molar refractivity (Wildman–Crippen MR) is 173 cm³/mol. The van der Waals surface area contributed by atoms with Gasteiger partial charge in [-0.2, -0.15) is 0 Å². The Morgan fingerprint density at radius 1 is 1.00 bits per heavy atom. The molecule has 3 amide bonds. The number of hydrogen-bond acceptors (Lipinski definition) is 11. The number of benzene rings is 2. The molecule has 3 unspecified atom stereocenters. The van der Waals surface area contributed by atoms with Gasteiger partial charge in [0.2, 0.25) is 5.91 Å². The van der Waals surface area contributed by atoms with Gasteiger partial charge in [0.05, 0.1) is 17.9 Å². The molecule has 0 bridgehead atoms. The number of thioether (sulfide) groups is 1. The van der Waals surface area contributed by atoms with Crippen LogP contribution in [0.4, 0.5) is 4.79 Å². The molecule has 0 aliphatic carbocycles. The lowest BCUT2D eigenvalue weighted by atomic mass is 10.0. The summed E-state index contributed by atoms with van der Waals surface area (Å²) in [5, 5.41) is 4.02. The van der Waals surface area contributed by atoms with Crippen LogP contribution < -0.4 is 15.4 Å². The molecule has 15 heteroatoms. The zero-order valence-electron chi connectivity index (χ0n) is 26.8. The van der Waals surface area contributed by atoms with Crippen LogP contribution in [0.5, 0.6) is 5.75 Å². The molecule has 0 radical (unpaired) electrons. The minimum absolute atomic E-state index is 0.147. The van der Waals surface area contributed by atoms with Gasteiger partial charge in [-0.25, -0.2) is 9.59 Å². The van der Waals surface area contributed by atoms with E-state index in [0.29, 0.717) is 16.9 Å².